The molecule has 2 heteroatoms. The molecule has 0 unspecified atom stereocenters. The van der Waals surface area contributed by atoms with Crippen LogP contribution in [-0.2, 0) is 4.75 Å². The Bertz CT molecular complexity index is 772. The first-order valence-electron chi connectivity index (χ1n) is 10.8. The van der Waals surface area contributed by atoms with Crippen molar-refractivity contribution in [2.75, 3.05) is 13.1 Å². The Morgan fingerprint density at radius 3 is 1.41 bits per heavy atom. The van der Waals surface area contributed by atoms with Crippen LogP contribution in [0.1, 0.15) is 43.4 Å². The molecule has 0 aromatic heterocycles. The van der Waals surface area contributed by atoms with E-state index in [0.717, 1.165) is 0 Å². The average Bonchev–Trinajstić information content (AvgIpc) is 2.79. The van der Waals surface area contributed by atoms with Crippen LogP contribution in [0.4, 0.5) is 0 Å². The molecule has 3 aromatic carbocycles. The van der Waals surface area contributed by atoms with Crippen LogP contribution in [0, 0.1) is 0 Å². The van der Waals surface area contributed by atoms with Crippen molar-refractivity contribution >= 4 is 11.8 Å². The fourth-order valence-electron chi connectivity index (χ4n) is 4.48. The van der Waals surface area contributed by atoms with Gasteiger partial charge in [0.1, 0.15) is 0 Å². The molecule has 0 N–H and O–H groups in total. The van der Waals surface area contributed by atoms with Crippen LogP contribution in [-0.4, -0.2) is 29.3 Å². The fraction of sp³-hybridized carbons (Fsp3) is 0.333. The zero-order valence-corrected chi connectivity index (χ0v) is 18.3. The molecular weight excluding hydrogens is 370 g/mol. The number of hydrogen-bond acceptors (Lipinski definition) is 2. The van der Waals surface area contributed by atoms with Gasteiger partial charge in [-0.2, -0.15) is 0 Å². The SMILES string of the molecule is CC(C)N1CCC(SC(c2ccccc2)(c2ccccc2)c2ccccc2)CC1. The van der Waals surface area contributed by atoms with Crippen LogP contribution in [0.2, 0.25) is 0 Å². The number of thioether (sulfide) groups is 1. The molecule has 29 heavy (non-hydrogen) atoms. The molecule has 1 saturated heterocycles. The summed E-state index contributed by atoms with van der Waals surface area (Å²) < 4.78 is -0.186. The molecule has 1 fully saturated rings. The van der Waals surface area contributed by atoms with Gasteiger partial charge in [0, 0.05) is 11.3 Å². The summed E-state index contributed by atoms with van der Waals surface area (Å²) in [5.41, 5.74) is 4.11. The molecule has 0 bridgehead atoms. The molecule has 0 saturated carbocycles. The second-order valence-electron chi connectivity index (χ2n) is 8.23. The number of nitrogens with zero attached hydrogens (tertiary/aromatic N) is 1. The number of likely N-dealkylation sites (tertiary alicyclic amines) is 1. The quantitative estimate of drug-likeness (QED) is 0.429. The van der Waals surface area contributed by atoms with Crippen LogP contribution in [0.3, 0.4) is 0 Å². The van der Waals surface area contributed by atoms with Gasteiger partial charge < -0.3 is 4.90 Å². The maximum atomic E-state index is 2.62. The van der Waals surface area contributed by atoms with Gasteiger partial charge in [0.2, 0.25) is 0 Å². The monoisotopic (exact) mass is 401 g/mol. The topological polar surface area (TPSA) is 3.24 Å². The van der Waals surface area contributed by atoms with Crippen molar-refractivity contribution in [3.63, 3.8) is 0 Å². The molecule has 0 spiro atoms. The fourth-order valence-corrected chi connectivity index (χ4v) is 6.25. The van der Waals surface area contributed by atoms with Crippen LogP contribution >= 0.6 is 11.8 Å². The summed E-state index contributed by atoms with van der Waals surface area (Å²) in [6.07, 6.45) is 2.49. The van der Waals surface area contributed by atoms with Crippen molar-refractivity contribution in [1.82, 2.24) is 4.90 Å². The van der Waals surface area contributed by atoms with Crippen LogP contribution in [0.25, 0.3) is 0 Å². The zero-order valence-electron chi connectivity index (χ0n) is 17.5. The smallest absolute Gasteiger partial charge is 0.0909 e. The highest BCUT2D eigenvalue weighted by Gasteiger charge is 2.40. The minimum absolute atomic E-state index is 0.186. The lowest BCUT2D eigenvalue weighted by Gasteiger charge is -2.41. The first-order chi connectivity index (χ1) is 14.2. The van der Waals surface area contributed by atoms with E-state index < -0.39 is 0 Å². The van der Waals surface area contributed by atoms with Crippen LogP contribution in [0.5, 0.6) is 0 Å². The van der Waals surface area contributed by atoms with Gasteiger partial charge in [0.15, 0.2) is 0 Å². The van der Waals surface area contributed by atoms with E-state index in [4.69, 9.17) is 0 Å². The van der Waals surface area contributed by atoms with Crippen molar-refractivity contribution < 1.29 is 0 Å². The van der Waals surface area contributed by atoms with Crippen molar-refractivity contribution in [1.29, 1.82) is 0 Å². The first-order valence-corrected chi connectivity index (χ1v) is 11.7. The van der Waals surface area contributed by atoms with E-state index in [0.29, 0.717) is 11.3 Å². The Morgan fingerprint density at radius 1 is 0.690 bits per heavy atom. The Labute approximate surface area is 180 Å². The lowest BCUT2D eigenvalue weighted by atomic mass is 9.84. The summed E-state index contributed by atoms with van der Waals surface area (Å²) in [5, 5.41) is 0.644. The number of rotatable bonds is 6. The highest BCUT2D eigenvalue weighted by atomic mass is 32.2. The third-order valence-corrected chi connectivity index (χ3v) is 7.96. The molecule has 1 nitrogen and oxygen atoms in total. The predicted molar refractivity (Wildman–Crippen MR) is 127 cm³/mol. The summed E-state index contributed by atoms with van der Waals surface area (Å²) in [7, 11) is 0. The van der Waals surface area contributed by atoms with E-state index in [-0.39, 0.29) is 4.75 Å². The normalized spacial score (nSPS) is 16.2. The molecule has 1 aliphatic heterocycles. The molecule has 3 aromatic rings. The minimum Gasteiger partial charge on any atom is -0.301 e. The highest BCUT2D eigenvalue weighted by molar-refractivity contribution is 8.01. The summed E-state index contributed by atoms with van der Waals surface area (Å²) in [6.45, 7) is 7.03. The van der Waals surface area contributed by atoms with E-state index in [1.165, 1.54) is 42.6 Å². The van der Waals surface area contributed by atoms with Gasteiger partial charge in [-0.05, 0) is 56.5 Å². The third kappa shape index (κ3) is 4.29. The van der Waals surface area contributed by atoms with Crippen molar-refractivity contribution in [3.8, 4) is 0 Å². The Kier molecular flexibility index (Phi) is 6.42. The van der Waals surface area contributed by atoms with E-state index in [9.17, 15) is 0 Å². The second-order valence-corrected chi connectivity index (χ2v) is 9.74. The maximum Gasteiger partial charge on any atom is 0.0909 e. The van der Waals surface area contributed by atoms with Crippen molar-refractivity contribution in [2.24, 2.45) is 0 Å². The largest absolute Gasteiger partial charge is 0.301 e. The van der Waals surface area contributed by atoms with E-state index >= 15 is 0 Å². The molecule has 0 atom stereocenters. The Morgan fingerprint density at radius 2 is 1.07 bits per heavy atom. The second kappa shape index (κ2) is 9.19. The first kappa shape index (κ1) is 20.3. The number of piperidine rings is 1. The summed E-state index contributed by atoms with van der Waals surface area (Å²) in [6, 6.07) is 33.9. The molecule has 0 amide bonds. The van der Waals surface area contributed by atoms with E-state index in [1.54, 1.807) is 0 Å². The van der Waals surface area contributed by atoms with Gasteiger partial charge in [-0.25, -0.2) is 0 Å². The summed E-state index contributed by atoms with van der Waals surface area (Å²) in [4.78, 5) is 2.62. The zero-order chi connectivity index (χ0) is 20.1. The van der Waals surface area contributed by atoms with Gasteiger partial charge in [-0.15, -0.1) is 11.8 Å². The summed E-state index contributed by atoms with van der Waals surface area (Å²) >= 11 is 2.16. The molecule has 4 rings (SSSR count). The Hall–Kier alpha value is -2.03. The number of hydrogen-bond donors (Lipinski definition) is 0. The lowest BCUT2D eigenvalue weighted by Crippen LogP contribution is -2.40. The standard InChI is InChI=1S/C27H31NS/c1-22(2)28-20-18-26(19-21-28)29-27(23-12-6-3-7-13-23,24-14-8-4-9-15-24)25-16-10-5-11-17-25/h3-17,22,26H,18-21H2,1-2H3. The molecule has 1 heterocycles. The molecule has 1 aliphatic rings. The van der Waals surface area contributed by atoms with E-state index in [1.807, 2.05) is 0 Å². The van der Waals surface area contributed by atoms with Gasteiger partial charge in [0.25, 0.3) is 0 Å². The van der Waals surface area contributed by atoms with Crippen LogP contribution < -0.4 is 0 Å². The minimum atomic E-state index is -0.186. The highest BCUT2D eigenvalue weighted by Crippen LogP contribution is 2.51. The molecular formula is C27H31NS. The predicted octanol–water partition coefficient (Wildman–Crippen LogP) is 6.58. The van der Waals surface area contributed by atoms with Gasteiger partial charge in [-0.3, -0.25) is 0 Å². The van der Waals surface area contributed by atoms with Crippen LogP contribution in [0.15, 0.2) is 91.0 Å². The van der Waals surface area contributed by atoms with E-state index in [2.05, 4.69) is 122 Å². The van der Waals surface area contributed by atoms with Gasteiger partial charge in [0.05, 0.1) is 4.75 Å². The maximum absolute atomic E-state index is 2.62. The Balaban J connectivity index is 1.78. The molecule has 0 radical (unpaired) electrons. The van der Waals surface area contributed by atoms with Crippen molar-refractivity contribution in [3.05, 3.63) is 108 Å². The summed E-state index contributed by atoms with van der Waals surface area (Å²) in [5.74, 6) is 0. The van der Waals surface area contributed by atoms with Crippen molar-refractivity contribution in [2.45, 2.75) is 42.7 Å². The van der Waals surface area contributed by atoms with Gasteiger partial charge in [-0.1, -0.05) is 91.0 Å². The van der Waals surface area contributed by atoms with Gasteiger partial charge >= 0.3 is 0 Å². The number of benzene rings is 3. The average molecular weight is 402 g/mol. The molecule has 150 valence electrons. The third-order valence-electron chi connectivity index (χ3n) is 6.09. The molecule has 0 aliphatic carbocycles. The lowest BCUT2D eigenvalue weighted by molar-refractivity contribution is 0.188.